The van der Waals surface area contributed by atoms with Crippen molar-refractivity contribution in [2.24, 2.45) is 7.05 Å². The lowest BCUT2D eigenvalue weighted by Crippen LogP contribution is -2.34. The van der Waals surface area contributed by atoms with E-state index >= 15 is 0 Å². The number of piperidine rings is 1. The Morgan fingerprint density at radius 1 is 1.11 bits per heavy atom. The number of anilines is 2. The highest BCUT2D eigenvalue weighted by molar-refractivity contribution is 5.75. The third-order valence-corrected chi connectivity index (χ3v) is 5.34. The molecule has 1 aliphatic heterocycles. The van der Waals surface area contributed by atoms with E-state index in [1.807, 2.05) is 37.7 Å². The van der Waals surface area contributed by atoms with Crippen LogP contribution in [0.3, 0.4) is 0 Å². The molecular formula is C20H24FN7. The van der Waals surface area contributed by atoms with Crippen molar-refractivity contribution in [1.82, 2.24) is 24.7 Å². The van der Waals surface area contributed by atoms with Gasteiger partial charge in [0.25, 0.3) is 0 Å². The molecule has 0 radical (unpaired) electrons. The molecule has 0 bridgehead atoms. The first-order valence-corrected chi connectivity index (χ1v) is 9.48. The molecule has 1 aliphatic rings. The lowest BCUT2D eigenvalue weighted by Gasteiger charge is -2.33. The van der Waals surface area contributed by atoms with E-state index < -0.39 is 5.95 Å². The quantitative estimate of drug-likeness (QED) is 0.700. The molecule has 8 heteroatoms. The van der Waals surface area contributed by atoms with Crippen LogP contribution in [0.25, 0.3) is 11.1 Å². The molecule has 0 aromatic carbocycles. The van der Waals surface area contributed by atoms with Crippen molar-refractivity contribution in [3.05, 3.63) is 47.9 Å². The van der Waals surface area contributed by atoms with E-state index in [1.54, 1.807) is 12.3 Å². The molecule has 3 aromatic heterocycles. The highest BCUT2D eigenvalue weighted by atomic mass is 19.1. The molecule has 0 amide bonds. The van der Waals surface area contributed by atoms with Crippen LogP contribution in [-0.4, -0.2) is 44.9 Å². The standard InChI is InChI=1S/C20H24FN7/c1-13-4-6-16(15-5-7-17(21)23-12-15)19(24-13)28-10-8-14(9-11-28)18-25-26-20(22-2)27(18)3/h4-7,12,14H,8-11H2,1-3H3,(H,22,26). The topological polar surface area (TPSA) is 71.8 Å². The van der Waals surface area contributed by atoms with E-state index in [0.717, 1.165) is 60.3 Å². The maximum atomic E-state index is 13.2. The maximum absolute atomic E-state index is 13.2. The summed E-state index contributed by atoms with van der Waals surface area (Å²) in [6.45, 7) is 3.75. The van der Waals surface area contributed by atoms with E-state index in [1.165, 1.54) is 6.07 Å². The highest BCUT2D eigenvalue weighted by Gasteiger charge is 2.27. The lowest BCUT2D eigenvalue weighted by molar-refractivity contribution is 0.472. The molecule has 3 aromatic rings. The summed E-state index contributed by atoms with van der Waals surface area (Å²) in [4.78, 5) is 10.9. The molecule has 1 saturated heterocycles. The van der Waals surface area contributed by atoms with Crippen molar-refractivity contribution in [3.8, 4) is 11.1 Å². The summed E-state index contributed by atoms with van der Waals surface area (Å²) < 4.78 is 15.3. The first kappa shape index (κ1) is 18.3. The molecule has 7 nitrogen and oxygen atoms in total. The van der Waals surface area contributed by atoms with Crippen LogP contribution >= 0.6 is 0 Å². The van der Waals surface area contributed by atoms with Crippen LogP contribution in [0.5, 0.6) is 0 Å². The van der Waals surface area contributed by atoms with Gasteiger partial charge in [-0.05, 0) is 44.0 Å². The monoisotopic (exact) mass is 381 g/mol. The van der Waals surface area contributed by atoms with Crippen LogP contribution in [0.2, 0.25) is 0 Å². The number of halogens is 1. The van der Waals surface area contributed by atoms with Crippen LogP contribution in [0.15, 0.2) is 30.5 Å². The second-order valence-corrected chi connectivity index (χ2v) is 7.15. The first-order chi connectivity index (χ1) is 13.6. The molecular weight excluding hydrogens is 357 g/mol. The Labute approximate surface area is 163 Å². The second kappa shape index (κ2) is 7.53. The first-order valence-electron chi connectivity index (χ1n) is 9.48. The van der Waals surface area contributed by atoms with Crippen LogP contribution < -0.4 is 10.2 Å². The normalized spacial score (nSPS) is 15.1. The smallest absolute Gasteiger partial charge is 0.224 e. The van der Waals surface area contributed by atoms with Crippen molar-refractivity contribution in [2.45, 2.75) is 25.7 Å². The van der Waals surface area contributed by atoms with Crippen LogP contribution in [0.4, 0.5) is 16.2 Å². The fourth-order valence-corrected chi connectivity index (χ4v) is 3.81. The van der Waals surface area contributed by atoms with Gasteiger partial charge in [0.05, 0.1) is 0 Å². The van der Waals surface area contributed by atoms with Gasteiger partial charge < -0.3 is 14.8 Å². The van der Waals surface area contributed by atoms with Gasteiger partial charge in [0.2, 0.25) is 11.9 Å². The second-order valence-electron chi connectivity index (χ2n) is 7.15. The largest absolute Gasteiger partial charge is 0.357 e. The lowest BCUT2D eigenvalue weighted by atomic mass is 9.95. The fraction of sp³-hybridized carbons (Fsp3) is 0.400. The van der Waals surface area contributed by atoms with Gasteiger partial charge in [0, 0.05) is 56.1 Å². The summed E-state index contributed by atoms with van der Waals surface area (Å²) >= 11 is 0. The predicted molar refractivity (Wildman–Crippen MR) is 107 cm³/mol. The van der Waals surface area contributed by atoms with Gasteiger partial charge in [-0.1, -0.05) is 0 Å². The summed E-state index contributed by atoms with van der Waals surface area (Å²) in [5.74, 6) is 2.63. The highest BCUT2D eigenvalue weighted by Crippen LogP contribution is 2.34. The molecule has 0 unspecified atom stereocenters. The minimum absolute atomic E-state index is 0.372. The van der Waals surface area contributed by atoms with E-state index in [2.05, 4.69) is 25.4 Å². The Balaban J connectivity index is 1.57. The summed E-state index contributed by atoms with van der Waals surface area (Å²) in [6, 6.07) is 7.16. The van der Waals surface area contributed by atoms with E-state index in [4.69, 9.17) is 4.98 Å². The average molecular weight is 381 g/mol. The number of pyridine rings is 2. The molecule has 1 fully saturated rings. The zero-order valence-corrected chi connectivity index (χ0v) is 16.4. The van der Waals surface area contributed by atoms with E-state index in [9.17, 15) is 4.39 Å². The number of aryl methyl sites for hydroxylation is 1. The number of aromatic nitrogens is 5. The molecule has 0 aliphatic carbocycles. The minimum Gasteiger partial charge on any atom is -0.357 e. The molecule has 28 heavy (non-hydrogen) atoms. The van der Waals surface area contributed by atoms with Crippen LogP contribution in [0, 0.1) is 12.9 Å². The summed E-state index contributed by atoms with van der Waals surface area (Å²) in [6.07, 6.45) is 3.52. The molecule has 1 N–H and O–H groups in total. The molecule has 4 heterocycles. The van der Waals surface area contributed by atoms with Crippen LogP contribution in [0.1, 0.15) is 30.3 Å². The molecule has 0 spiro atoms. The summed E-state index contributed by atoms with van der Waals surface area (Å²) in [5, 5.41) is 11.6. The van der Waals surface area contributed by atoms with Gasteiger partial charge in [-0.25, -0.2) is 9.97 Å². The van der Waals surface area contributed by atoms with E-state index in [-0.39, 0.29) is 0 Å². The summed E-state index contributed by atoms with van der Waals surface area (Å²) in [5.41, 5.74) is 2.81. The van der Waals surface area contributed by atoms with Gasteiger partial charge in [-0.2, -0.15) is 4.39 Å². The third kappa shape index (κ3) is 3.42. The van der Waals surface area contributed by atoms with Gasteiger partial charge >= 0.3 is 0 Å². The van der Waals surface area contributed by atoms with Gasteiger partial charge in [-0.15, -0.1) is 10.2 Å². The zero-order valence-electron chi connectivity index (χ0n) is 16.4. The van der Waals surface area contributed by atoms with Crippen molar-refractivity contribution in [1.29, 1.82) is 0 Å². The number of nitrogens with zero attached hydrogens (tertiary/aromatic N) is 6. The third-order valence-electron chi connectivity index (χ3n) is 5.34. The average Bonchev–Trinajstić information content (AvgIpc) is 3.09. The van der Waals surface area contributed by atoms with Crippen molar-refractivity contribution in [2.75, 3.05) is 30.4 Å². The Bertz CT molecular complexity index is 959. The Hall–Kier alpha value is -3.03. The van der Waals surface area contributed by atoms with Gasteiger partial charge in [-0.3, -0.25) is 0 Å². The van der Waals surface area contributed by atoms with Crippen LogP contribution in [-0.2, 0) is 7.05 Å². The number of nitrogens with one attached hydrogen (secondary N) is 1. The predicted octanol–water partition coefficient (Wildman–Crippen LogP) is 3.15. The number of hydrogen-bond donors (Lipinski definition) is 1. The Morgan fingerprint density at radius 2 is 1.89 bits per heavy atom. The minimum atomic E-state index is -0.476. The maximum Gasteiger partial charge on any atom is 0.224 e. The molecule has 146 valence electrons. The van der Waals surface area contributed by atoms with Crippen molar-refractivity contribution < 1.29 is 4.39 Å². The Morgan fingerprint density at radius 3 is 2.54 bits per heavy atom. The fourth-order valence-electron chi connectivity index (χ4n) is 3.81. The summed E-state index contributed by atoms with van der Waals surface area (Å²) in [7, 11) is 3.85. The van der Waals surface area contributed by atoms with Crippen molar-refractivity contribution in [3.63, 3.8) is 0 Å². The van der Waals surface area contributed by atoms with E-state index in [0.29, 0.717) is 5.92 Å². The van der Waals surface area contributed by atoms with Gasteiger partial charge in [0.15, 0.2) is 0 Å². The SMILES string of the molecule is CNc1nnc(C2CCN(c3nc(C)ccc3-c3ccc(F)nc3)CC2)n1C. The molecule has 0 saturated carbocycles. The molecule has 0 atom stereocenters. The Kier molecular flexibility index (Phi) is 4.93. The van der Waals surface area contributed by atoms with Crippen molar-refractivity contribution >= 4 is 11.8 Å². The number of rotatable bonds is 4. The zero-order chi connectivity index (χ0) is 19.7. The molecule has 4 rings (SSSR count). The van der Waals surface area contributed by atoms with Gasteiger partial charge in [0.1, 0.15) is 11.6 Å². The number of hydrogen-bond acceptors (Lipinski definition) is 6.